The Hall–Kier alpha value is -1.86. The van der Waals surface area contributed by atoms with Crippen LogP contribution in [0.25, 0.3) is 0 Å². The van der Waals surface area contributed by atoms with Gasteiger partial charge < -0.3 is 0 Å². The van der Waals surface area contributed by atoms with Crippen molar-refractivity contribution in [1.82, 2.24) is 4.90 Å². The fraction of sp³-hybridized carbons (Fsp3) is 0.576. The average molecular weight is 462 g/mol. The maximum Gasteiger partial charge on any atom is 0.0233 e. The first kappa shape index (κ1) is 28.4. The van der Waals surface area contributed by atoms with Gasteiger partial charge in [-0.15, -0.1) is 6.58 Å². The van der Waals surface area contributed by atoms with E-state index in [1.165, 1.54) is 74.8 Å². The van der Waals surface area contributed by atoms with Gasteiger partial charge in [-0.25, -0.2) is 0 Å². The first-order valence-electron chi connectivity index (χ1n) is 13.6. The molecule has 0 bridgehead atoms. The topological polar surface area (TPSA) is 3.24 Å². The van der Waals surface area contributed by atoms with Gasteiger partial charge in [0.05, 0.1) is 0 Å². The molecule has 188 valence electrons. The van der Waals surface area contributed by atoms with Crippen molar-refractivity contribution in [2.45, 2.75) is 106 Å². The molecule has 5 rings (SSSR count). The van der Waals surface area contributed by atoms with Crippen molar-refractivity contribution in [2.75, 3.05) is 13.1 Å². The molecule has 3 aliphatic rings. The van der Waals surface area contributed by atoms with E-state index in [4.69, 9.17) is 0 Å². The normalized spacial score (nSPS) is 18.8. The van der Waals surface area contributed by atoms with Gasteiger partial charge in [-0.2, -0.15) is 0 Å². The number of fused-ring (bicyclic) bond motifs is 1. The van der Waals surface area contributed by atoms with Crippen LogP contribution in [-0.2, 0) is 18.4 Å². The van der Waals surface area contributed by atoms with Crippen LogP contribution in [0, 0.1) is 26.2 Å². The standard InChI is InChI=1S/C20H29N.C8H10.C3H6.C2H6/c1-15-12-16(13-18-17(15)4-5-19(18,2)3)14-21-10-8-20(6-7-20)9-11-21;1-7-3-5-8(2)6-4-7;1-3-2;1-2/h12-13H,4-11,14H2,1-3H3;3-6H,1-2H3;3H,1H2,2H3;1-2H3. The van der Waals surface area contributed by atoms with E-state index in [-0.39, 0.29) is 0 Å². The molecule has 0 unspecified atom stereocenters. The number of likely N-dealkylation sites (tertiary alicyclic amines) is 1. The lowest BCUT2D eigenvalue weighted by Gasteiger charge is -2.32. The summed E-state index contributed by atoms with van der Waals surface area (Å²) in [5, 5.41) is 0. The zero-order valence-corrected chi connectivity index (χ0v) is 23.6. The van der Waals surface area contributed by atoms with Gasteiger partial charge in [0.2, 0.25) is 0 Å². The summed E-state index contributed by atoms with van der Waals surface area (Å²) in [6, 6.07) is 13.5. The number of hydrogen-bond donors (Lipinski definition) is 0. The number of benzene rings is 2. The second kappa shape index (κ2) is 12.7. The number of aryl methyl sites for hydroxylation is 3. The molecule has 2 aliphatic carbocycles. The monoisotopic (exact) mass is 461 g/mol. The highest BCUT2D eigenvalue weighted by Gasteiger charge is 2.44. The molecule has 2 aromatic carbocycles. The second-order valence-corrected chi connectivity index (χ2v) is 11.2. The molecule has 2 fully saturated rings. The van der Waals surface area contributed by atoms with E-state index < -0.39 is 0 Å². The fourth-order valence-corrected chi connectivity index (χ4v) is 5.25. The summed E-state index contributed by atoms with van der Waals surface area (Å²) in [5.41, 5.74) is 10.2. The quantitative estimate of drug-likeness (QED) is 0.403. The number of hydrogen-bond acceptors (Lipinski definition) is 1. The molecule has 0 radical (unpaired) electrons. The Morgan fingerprint density at radius 3 is 1.82 bits per heavy atom. The minimum absolute atomic E-state index is 0.385. The van der Waals surface area contributed by atoms with Crippen LogP contribution < -0.4 is 0 Å². The van der Waals surface area contributed by atoms with Crippen molar-refractivity contribution in [3.63, 3.8) is 0 Å². The molecular weight excluding hydrogens is 410 g/mol. The molecule has 1 saturated heterocycles. The van der Waals surface area contributed by atoms with Gasteiger partial charge in [0.25, 0.3) is 0 Å². The van der Waals surface area contributed by atoms with Crippen LogP contribution in [0.3, 0.4) is 0 Å². The third-order valence-electron chi connectivity index (χ3n) is 7.76. The summed E-state index contributed by atoms with van der Waals surface area (Å²) in [7, 11) is 0. The zero-order chi connectivity index (χ0) is 25.4. The van der Waals surface area contributed by atoms with Crippen molar-refractivity contribution in [3.05, 3.63) is 82.4 Å². The summed E-state index contributed by atoms with van der Waals surface area (Å²) < 4.78 is 0. The molecule has 1 heterocycles. The van der Waals surface area contributed by atoms with Crippen LogP contribution in [0.2, 0.25) is 0 Å². The molecule has 2 aromatic rings. The van der Waals surface area contributed by atoms with Gasteiger partial charge in [0, 0.05) is 6.54 Å². The molecule has 0 atom stereocenters. The van der Waals surface area contributed by atoms with E-state index in [9.17, 15) is 0 Å². The van der Waals surface area contributed by atoms with Crippen LogP contribution in [0.15, 0.2) is 49.1 Å². The lowest BCUT2D eigenvalue weighted by atomic mass is 9.85. The van der Waals surface area contributed by atoms with Crippen LogP contribution in [0.1, 0.15) is 100 Å². The van der Waals surface area contributed by atoms with Crippen molar-refractivity contribution in [3.8, 4) is 0 Å². The highest BCUT2D eigenvalue weighted by molar-refractivity contribution is 5.46. The summed E-state index contributed by atoms with van der Waals surface area (Å²) in [6.45, 7) is 24.4. The van der Waals surface area contributed by atoms with Crippen molar-refractivity contribution in [2.24, 2.45) is 5.41 Å². The molecule has 1 spiro atoms. The van der Waals surface area contributed by atoms with Crippen LogP contribution >= 0.6 is 0 Å². The Morgan fingerprint density at radius 1 is 0.853 bits per heavy atom. The van der Waals surface area contributed by atoms with Gasteiger partial charge in [0.1, 0.15) is 0 Å². The SMILES string of the molecule is C=CC.CC.Cc1cc(CN2CCC3(CC2)CC3)cc2c1CCC2(C)C.Cc1ccc(C)cc1. The third kappa shape index (κ3) is 7.84. The van der Waals surface area contributed by atoms with Gasteiger partial charge >= 0.3 is 0 Å². The highest BCUT2D eigenvalue weighted by atomic mass is 15.1. The first-order valence-corrected chi connectivity index (χ1v) is 13.6. The number of nitrogens with zero attached hydrogens (tertiary/aromatic N) is 1. The summed E-state index contributed by atoms with van der Waals surface area (Å²) >= 11 is 0. The Kier molecular flexibility index (Phi) is 10.6. The molecule has 34 heavy (non-hydrogen) atoms. The Labute approximate surface area is 211 Å². The molecule has 0 amide bonds. The third-order valence-corrected chi connectivity index (χ3v) is 7.76. The molecule has 1 nitrogen and oxygen atoms in total. The summed E-state index contributed by atoms with van der Waals surface area (Å²) in [5.74, 6) is 0. The molecule has 1 aliphatic heterocycles. The number of rotatable bonds is 2. The van der Waals surface area contributed by atoms with E-state index in [2.05, 4.69) is 82.5 Å². The molecule has 0 aromatic heterocycles. The van der Waals surface area contributed by atoms with E-state index in [0.717, 1.165) is 5.41 Å². The second-order valence-electron chi connectivity index (χ2n) is 11.2. The lowest BCUT2D eigenvalue weighted by molar-refractivity contribution is 0.166. The molecule has 0 N–H and O–H groups in total. The molecule has 1 heteroatoms. The van der Waals surface area contributed by atoms with Crippen molar-refractivity contribution >= 4 is 0 Å². The Bertz CT molecular complexity index is 868. The minimum atomic E-state index is 0.385. The molecular formula is C33H51N. The van der Waals surface area contributed by atoms with Crippen LogP contribution in [0.4, 0.5) is 0 Å². The zero-order valence-electron chi connectivity index (χ0n) is 23.6. The molecule has 1 saturated carbocycles. The maximum atomic E-state index is 3.36. The largest absolute Gasteiger partial charge is 0.299 e. The number of allylic oxidation sites excluding steroid dienone is 1. The Balaban J connectivity index is 0.000000262. The van der Waals surface area contributed by atoms with Gasteiger partial charge in [-0.1, -0.05) is 81.3 Å². The Morgan fingerprint density at radius 2 is 1.35 bits per heavy atom. The number of piperidine rings is 1. The van der Waals surface area contributed by atoms with Gasteiger partial charge in [-0.3, -0.25) is 4.90 Å². The minimum Gasteiger partial charge on any atom is -0.299 e. The van der Waals surface area contributed by atoms with E-state index in [0.29, 0.717) is 5.41 Å². The van der Waals surface area contributed by atoms with Crippen molar-refractivity contribution < 1.29 is 0 Å². The predicted octanol–water partition coefficient (Wildman–Crippen LogP) is 9.12. The summed E-state index contributed by atoms with van der Waals surface area (Å²) in [6.07, 6.45) is 10.3. The smallest absolute Gasteiger partial charge is 0.0233 e. The van der Waals surface area contributed by atoms with Crippen molar-refractivity contribution in [1.29, 1.82) is 0 Å². The first-order chi connectivity index (χ1) is 16.2. The highest BCUT2D eigenvalue weighted by Crippen LogP contribution is 2.53. The maximum absolute atomic E-state index is 3.36. The van der Waals surface area contributed by atoms with E-state index in [1.807, 2.05) is 20.8 Å². The van der Waals surface area contributed by atoms with Crippen LogP contribution in [0.5, 0.6) is 0 Å². The van der Waals surface area contributed by atoms with Crippen LogP contribution in [-0.4, -0.2) is 18.0 Å². The van der Waals surface area contributed by atoms with Gasteiger partial charge in [0.15, 0.2) is 0 Å². The lowest BCUT2D eigenvalue weighted by Crippen LogP contribution is -2.34. The van der Waals surface area contributed by atoms with Gasteiger partial charge in [-0.05, 0) is 112 Å². The fourth-order valence-electron chi connectivity index (χ4n) is 5.25. The predicted molar refractivity (Wildman–Crippen MR) is 152 cm³/mol. The van der Waals surface area contributed by atoms with E-state index in [1.54, 1.807) is 22.8 Å². The average Bonchev–Trinajstić information content (AvgIpc) is 3.50. The summed E-state index contributed by atoms with van der Waals surface area (Å²) in [4.78, 5) is 2.69. The van der Waals surface area contributed by atoms with E-state index >= 15 is 0 Å².